The number of halogens is 3. The van der Waals surface area contributed by atoms with Crippen molar-refractivity contribution in [3.8, 4) is 0 Å². The molecule has 0 aliphatic heterocycles. The monoisotopic (exact) mass is 324 g/mol. The van der Waals surface area contributed by atoms with Crippen molar-refractivity contribution < 1.29 is 19.5 Å². The first-order valence-corrected chi connectivity index (χ1v) is 5.84. The quantitative estimate of drug-likeness (QED) is 0.298. The van der Waals surface area contributed by atoms with Gasteiger partial charge in [-0.25, -0.2) is 0 Å². The minimum Gasteiger partial charge on any atom is -0.514 e. The molecule has 0 aliphatic rings. The second kappa shape index (κ2) is 13.1. The van der Waals surface area contributed by atoms with E-state index in [2.05, 4.69) is 42.3 Å². The van der Waals surface area contributed by atoms with E-state index in [9.17, 15) is 14.4 Å². The summed E-state index contributed by atoms with van der Waals surface area (Å²) < 4.78 is 0. The minimum atomic E-state index is -1.14. The summed E-state index contributed by atoms with van der Waals surface area (Å²) in [6.07, 6.45) is 0.885. The maximum Gasteiger partial charge on any atom is 0.304 e. The average Bonchev–Trinajstić information content (AvgIpc) is 2.40. The first kappa shape index (κ1) is 20.0. The summed E-state index contributed by atoms with van der Waals surface area (Å²) in [5.41, 5.74) is 1.32. The van der Waals surface area contributed by atoms with Gasteiger partial charge < -0.3 is 5.11 Å². The molecule has 0 saturated heterocycles. The molecule has 1 aromatic carbocycles. The predicted octanol–water partition coefficient (Wildman–Crippen LogP) is 3.34. The number of aliphatic hydroxyl groups excluding tert-OH is 1. The number of aryl methyl sites for hydroxylation is 1. The van der Waals surface area contributed by atoms with Crippen molar-refractivity contribution in [1.29, 1.82) is 0 Å². The Labute approximate surface area is 125 Å². The van der Waals surface area contributed by atoms with Crippen LogP contribution in [0.1, 0.15) is 5.56 Å². The average molecular weight is 326 g/mol. The molecule has 1 N–H and O–H groups in total. The topological polar surface area (TPSA) is 71.4 Å². The summed E-state index contributed by atoms with van der Waals surface area (Å²) in [5.74, 6) is 0. The summed E-state index contributed by atoms with van der Waals surface area (Å²) in [4.78, 5) is 28.2. The molecule has 19 heavy (non-hydrogen) atoms. The van der Waals surface area contributed by atoms with E-state index in [0.29, 0.717) is 12.5 Å². The lowest BCUT2D eigenvalue weighted by atomic mass is 10.2. The van der Waals surface area contributed by atoms with Crippen LogP contribution in [0.2, 0.25) is 0 Å². The van der Waals surface area contributed by atoms with Crippen LogP contribution in [-0.4, -0.2) is 21.9 Å². The van der Waals surface area contributed by atoms with Crippen LogP contribution in [0.5, 0.6) is 0 Å². The highest BCUT2D eigenvalue weighted by Gasteiger charge is 2.01. The van der Waals surface area contributed by atoms with Crippen molar-refractivity contribution in [3.63, 3.8) is 0 Å². The molecule has 0 atom stereocenters. The summed E-state index contributed by atoms with van der Waals surface area (Å²) in [6.45, 7) is 2.08. The maximum atomic E-state index is 9.43. The van der Waals surface area contributed by atoms with Crippen molar-refractivity contribution in [2.45, 2.75) is 6.92 Å². The van der Waals surface area contributed by atoms with Gasteiger partial charge in [-0.15, -0.1) is 0 Å². The molecule has 0 spiro atoms. The molecule has 4 nitrogen and oxygen atoms in total. The van der Waals surface area contributed by atoms with Gasteiger partial charge in [0.25, 0.3) is 0 Å². The van der Waals surface area contributed by atoms with Crippen molar-refractivity contribution in [3.05, 3.63) is 47.2 Å². The number of carbonyl (C=O) groups excluding carboxylic acids is 3. The van der Waals surface area contributed by atoms with E-state index < -0.39 is 10.5 Å². The van der Waals surface area contributed by atoms with Gasteiger partial charge in [-0.05, 0) is 30.1 Å². The molecule has 104 valence electrons. The van der Waals surface area contributed by atoms with Crippen LogP contribution in [0.3, 0.4) is 0 Å². The summed E-state index contributed by atoms with van der Waals surface area (Å²) in [7, 11) is 0. The molecule has 1 aromatic rings. The van der Waals surface area contributed by atoms with E-state index in [1.165, 1.54) is 5.56 Å². The number of rotatable bonds is 2. The van der Waals surface area contributed by atoms with Crippen molar-refractivity contribution >= 4 is 51.6 Å². The Hall–Kier alpha value is -1.36. The van der Waals surface area contributed by atoms with Crippen LogP contribution in [0.15, 0.2) is 41.6 Å². The van der Waals surface area contributed by atoms with Crippen LogP contribution in [0.25, 0.3) is 0 Å². The van der Waals surface area contributed by atoms with Gasteiger partial charge in [-0.1, -0.05) is 47.5 Å². The highest BCUT2D eigenvalue weighted by Crippen LogP contribution is 1.92. The summed E-state index contributed by atoms with van der Waals surface area (Å²) in [6, 6.07) is 10.3. The van der Waals surface area contributed by atoms with Crippen molar-refractivity contribution in [2.24, 2.45) is 0 Å². The fourth-order valence-corrected chi connectivity index (χ4v) is 0.565. The molecule has 0 fully saturated rings. The predicted molar refractivity (Wildman–Crippen MR) is 75.5 cm³/mol. The number of hydrogen-bond acceptors (Lipinski definition) is 4. The van der Waals surface area contributed by atoms with Crippen LogP contribution in [0.4, 0.5) is 0 Å². The lowest BCUT2D eigenvalue weighted by Crippen LogP contribution is -1.94. The summed E-state index contributed by atoms with van der Waals surface area (Å²) >= 11 is 13.9. The maximum absolute atomic E-state index is 9.43. The molecule has 0 aromatic heterocycles. The number of aliphatic hydroxyl groups is 1. The van der Waals surface area contributed by atoms with E-state index in [4.69, 9.17) is 16.7 Å². The SMILES string of the molecule is Cc1ccccc1.O=C(Cl)C(=O)Cl.O=C/C(Cl)=C\O. The molecular formula is C12H11Cl3O4. The van der Waals surface area contributed by atoms with Gasteiger partial charge in [0.15, 0.2) is 6.29 Å². The minimum absolute atomic E-state index is 0.185. The number of carbonyl (C=O) groups is 3. The molecule has 0 amide bonds. The van der Waals surface area contributed by atoms with Gasteiger partial charge in [0, 0.05) is 0 Å². The van der Waals surface area contributed by atoms with Gasteiger partial charge >= 0.3 is 10.5 Å². The Morgan fingerprint density at radius 1 is 1.05 bits per heavy atom. The van der Waals surface area contributed by atoms with Gasteiger partial charge in [-0.2, -0.15) is 0 Å². The third kappa shape index (κ3) is 16.6. The molecule has 0 unspecified atom stereocenters. The largest absolute Gasteiger partial charge is 0.514 e. The summed E-state index contributed by atoms with van der Waals surface area (Å²) in [5, 5.41) is 5.34. The zero-order valence-electron chi connectivity index (χ0n) is 9.85. The highest BCUT2D eigenvalue weighted by molar-refractivity contribution is 6.97. The van der Waals surface area contributed by atoms with Crippen LogP contribution >= 0.6 is 34.8 Å². The smallest absolute Gasteiger partial charge is 0.304 e. The van der Waals surface area contributed by atoms with Crippen LogP contribution in [0, 0.1) is 6.92 Å². The van der Waals surface area contributed by atoms with Gasteiger partial charge in [0.1, 0.15) is 11.3 Å². The number of allylic oxidation sites excluding steroid dienone is 1. The Morgan fingerprint density at radius 3 is 1.58 bits per heavy atom. The van der Waals surface area contributed by atoms with E-state index in [-0.39, 0.29) is 5.03 Å². The number of hydrogen-bond donors (Lipinski definition) is 1. The van der Waals surface area contributed by atoms with E-state index in [0.717, 1.165) is 0 Å². The Bertz CT molecular complexity index is 418. The molecule has 0 aliphatic carbocycles. The fourth-order valence-electron chi connectivity index (χ4n) is 0.565. The standard InChI is InChI=1S/C7H8.C3H3ClO2.C2Cl2O2/c1-7-5-3-2-4-6-7;4-3(1-5)2-6;3-1(5)2(4)6/h2-6H,1H3;1-2,5H;/b;3-1+;. The number of aldehydes is 1. The third-order valence-corrected chi connectivity index (χ3v) is 1.96. The normalized spacial score (nSPS) is 9.16. The molecular weight excluding hydrogens is 314 g/mol. The molecule has 7 heteroatoms. The van der Waals surface area contributed by atoms with E-state index >= 15 is 0 Å². The lowest BCUT2D eigenvalue weighted by molar-refractivity contribution is -0.127. The zero-order chi connectivity index (χ0) is 15.3. The zero-order valence-corrected chi connectivity index (χ0v) is 12.1. The third-order valence-electron chi connectivity index (χ3n) is 1.33. The second-order valence-electron chi connectivity index (χ2n) is 2.83. The fraction of sp³-hybridized carbons (Fsp3) is 0.0833. The van der Waals surface area contributed by atoms with Gasteiger partial charge in [0.2, 0.25) is 0 Å². The van der Waals surface area contributed by atoms with Gasteiger partial charge in [-0.3, -0.25) is 14.4 Å². The first-order chi connectivity index (χ1) is 8.84. The van der Waals surface area contributed by atoms with Crippen LogP contribution in [-0.2, 0) is 14.4 Å². The van der Waals surface area contributed by atoms with Crippen LogP contribution < -0.4 is 0 Å². The van der Waals surface area contributed by atoms with Crippen molar-refractivity contribution in [1.82, 2.24) is 0 Å². The Balaban J connectivity index is 0. The molecule has 0 saturated carbocycles. The molecule has 1 rings (SSSR count). The molecule has 0 radical (unpaired) electrons. The highest BCUT2D eigenvalue weighted by atomic mass is 35.5. The Morgan fingerprint density at radius 2 is 1.47 bits per heavy atom. The van der Waals surface area contributed by atoms with Gasteiger partial charge in [0.05, 0.1) is 0 Å². The van der Waals surface area contributed by atoms with E-state index in [1.54, 1.807) is 0 Å². The Kier molecular flexibility index (Phi) is 13.7. The van der Waals surface area contributed by atoms with Crippen molar-refractivity contribution in [2.75, 3.05) is 0 Å². The number of benzene rings is 1. The van der Waals surface area contributed by atoms with E-state index in [1.807, 2.05) is 18.2 Å². The molecule has 0 bridgehead atoms. The first-order valence-electron chi connectivity index (χ1n) is 4.71. The lowest BCUT2D eigenvalue weighted by Gasteiger charge is -1.82. The second-order valence-corrected chi connectivity index (χ2v) is 3.96. The molecule has 0 heterocycles.